The minimum Gasteiger partial charge on any atom is -0.342 e. The first-order chi connectivity index (χ1) is 20.3. The number of benzene rings is 1. The van der Waals surface area contributed by atoms with Crippen LogP contribution in [0.5, 0.6) is 0 Å². The predicted molar refractivity (Wildman–Crippen MR) is 151 cm³/mol. The molecule has 4 aliphatic rings. The van der Waals surface area contributed by atoms with Crippen molar-refractivity contribution < 1.29 is 36.0 Å². The van der Waals surface area contributed by atoms with E-state index in [-0.39, 0.29) is 41.2 Å². The SMILES string of the molecule is CNC(=O)Nc1ccc(S(=O)(=O)N2CCC(C3CCN4C(C3)C(C(=O)N3CCC(C)CC3)C(C(F)(F)F)[N+]4=O)CC2)cc1. The van der Waals surface area contributed by atoms with Gasteiger partial charge in [-0.1, -0.05) is 6.92 Å². The van der Waals surface area contributed by atoms with Crippen molar-refractivity contribution in [1.82, 2.24) is 19.5 Å². The summed E-state index contributed by atoms with van der Waals surface area (Å²) in [6.07, 6.45) is -1.49. The number of piperidine rings is 3. The fraction of sp³-hybridized carbons (Fsp3) is 0.714. The molecule has 4 aliphatic heterocycles. The number of likely N-dealkylation sites (tertiary alicyclic amines) is 1. The van der Waals surface area contributed by atoms with E-state index in [0.717, 1.165) is 12.8 Å². The number of nitrogens with zero attached hydrogens (tertiary/aromatic N) is 4. The normalized spacial score (nSPS) is 28.1. The molecule has 0 radical (unpaired) electrons. The van der Waals surface area contributed by atoms with Gasteiger partial charge in [-0.3, -0.25) is 4.79 Å². The number of hydrazine groups is 1. The third-order valence-electron chi connectivity index (χ3n) is 9.76. The molecule has 4 saturated heterocycles. The van der Waals surface area contributed by atoms with E-state index in [1.54, 1.807) is 0 Å². The van der Waals surface area contributed by atoms with Gasteiger partial charge in [0.15, 0.2) is 0 Å². The Morgan fingerprint density at radius 3 is 2.12 bits per heavy atom. The largest absolute Gasteiger partial charge is 0.460 e. The summed E-state index contributed by atoms with van der Waals surface area (Å²) in [4.78, 5) is 39.6. The molecule has 1 aromatic carbocycles. The summed E-state index contributed by atoms with van der Waals surface area (Å²) in [6.45, 7) is 3.53. The monoisotopic (exact) mass is 629 g/mol. The molecule has 0 spiro atoms. The van der Waals surface area contributed by atoms with Crippen molar-refractivity contribution in [2.75, 3.05) is 45.1 Å². The summed E-state index contributed by atoms with van der Waals surface area (Å²) < 4.78 is 70.6. The van der Waals surface area contributed by atoms with E-state index >= 15 is 0 Å². The van der Waals surface area contributed by atoms with Gasteiger partial charge in [-0.05, 0) is 80.5 Å². The molecule has 2 N–H and O–H groups in total. The number of carbonyl (C=O) groups excluding carboxylic acids is 2. The number of fused-ring (bicyclic) bond motifs is 1. The molecule has 3 amide bonds. The minimum absolute atomic E-state index is 0.0146. The third kappa shape index (κ3) is 6.33. The lowest BCUT2D eigenvalue weighted by Crippen LogP contribution is -2.52. The number of halogens is 3. The van der Waals surface area contributed by atoms with Crippen molar-refractivity contribution in [3.05, 3.63) is 29.2 Å². The zero-order valence-electron chi connectivity index (χ0n) is 24.4. The van der Waals surface area contributed by atoms with Crippen molar-refractivity contribution in [3.63, 3.8) is 0 Å². The summed E-state index contributed by atoms with van der Waals surface area (Å²) in [5, 5.41) is 6.22. The van der Waals surface area contributed by atoms with Crippen LogP contribution < -0.4 is 10.6 Å². The van der Waals surface area contributed by atoms with Gasteiger partial charge in [0.05, 0.1) is 16.3 Å². The molecule has 0 aromatic heterocycles. The Kier molecular flexibility index (Phi) is 8.94. The Hall–Kier alpha value is -2.94. The van der Waals surface area contributed by atoms with E-state index in [9.17, 15) is 36.1 Å². The van der Waals surface area contributed by atoms with E-state index in [2.05, 4.69) is 17.6 Å². The summed E-state index contributed by atoms with van der Waals surface area (Å²) in [6, 6.07) is 2.25. The zero-order valence-corrected chi connectivity index (χ0v) is 25.2. The van der Waals surface area contributed by atoms with Crippen molar-refractivity contribution >= 4 is 27.6 Å². The summed E-state index contributed by atoms with van der Waals surface area (Å²) >= 11 is 0. The van der Waals surface area contributed by atoms with Crippen LogP contribution in [0.1, 0.15) is 45.4 Å². The maximum Gasteiger partial charge on any atom is 0.460 e. The number of hydrogen-bond donors (Lipinski definition) is 2. The maximum absolute atomic E-state index is 14.2. The minimum atomic E-state index is -4.84. The number of anilines is 1. The number of nitroso groups, excluding NO2 is 1. The molecule has 1 aromatic rings. The Bertz CT molecular complexity index is 1310. The fourth-order valence-corrected chi connectivity index (χ4v) is 8.70. The number of hydrogen-bond acceptors (Lipinski definition) is 5. The second-order valence-corrected chi connectivity index (χ2v) is 14.2. The van der Waals surface area contributed by atoms with Gasteiger partial charge in [0.1, 0.15) is 16.8 Å². The van der Waals surface area contributed by atoms with E-state index < -0.39 is 46.1 Å². The maximum atomic E-state index is 14.2. The molecule has 11 nitrogen and oxygen atoms in total. The number of amides is 3. The van der Waals surface area contributed by atoms with Crippen LogP contribution in [0.25, 0.3) is 0 Å². The van der Waals surface area contributed by atoms with Gasteiger partial charge in [0.25, 0.3) is 0 Å². The number of alkyl halides is 3. The lowest BCUT2D eigenvalue weighted by molar-refractivity contribution is -0.735. The molecule has 238 valence electrons. The Labute approximate surface area is 249 Å². The highest BCUT2D eigenvalue weighted by Gasteiger charge is 2.71. The third-order valence-corrected chi connectivity index (χ3v) is 11.7. The second-order valence-electron chi connectivity index (χ2n) is 12.3. The highest BCUT2D eigenvalue weighted by molar-refractivity contribution is 7.89. The van der Waals surface area contributed by atoms with E-state index in [1.165, 1.54) is 45.5 Å². The first kappa shape index (κ1) is 31.5. The summed E-state index contributed by atoms with van der Waals surface area (Å²) in [5.74, 6) is -1.60. The lowest BCUT2D eigenvalue weighted by atomic mass is 9.74. The molecular formula is C28H40F3N6O5S+. The van der Waals surface area contributed by atoms with Crippen LogP contribution >= 0.6 is 0 Å². The average Bonchev–Trinajstić information content (AvgIpc) is 3.29. The lowest BCUT2D eigenvalue weighted by Gasteiger charge is -2.40. The van der Waals surface area contributed by atoms with Crippen LogP contribution in [-0.2, 0) is 14.8 Å². The molecule has 4 unspecified atom stereocenters. The Balaban J connectivity index is 1.25. The van der Waals surface area contributed by atoms with E-state index in [0.29, 0.717) is 50.4 Å². The van der Waals surface area contributed by atoms with Gasteiger partial charge in [-0.25, -0.2) is 13.2 Å². The van der Waals surface area contributed by atoms with E-state index in [4.69, 9.17) is 0 Å². The zero-order chi connectivity index (χ0) is 31.1. The predicted octanol–water partition coefficient (Wildman–Crippen LogP) is 3.43. The molecule has 0 bridgehead atoms. The number of nitrogens with one attached hydrogen (secondary N) is 2. The summed E-state index contributed by atoms with van der Waals surface area (Å²) in [5.41, 5.74) is 0.450. The molecule has 5 rings (SSSR count). The number of carbonyl (C=O) groups is 2. The highest BCUT2D eigenvalue weighted by atomic mass is 32.2. The molecule has 4 atom stereocenters. The van der Waals surface area contributed by atoms with Crippen molar-refractivity contribution in [2.45, 2.75) is 68.6 Å². The highest BCUT2D eigenvalue weighted by Crippen LogP contribution is 2.46. The van der Waals surface area contributed by atoms with Crippen LogP contribution in [0.3, 0.4) is 0 Å². The van der Waals surface area contributed by atoms with Crippen molar-refractivity contribution in [3.8, 4) is 0 Å². The molecule has 0 saturated carbocycles. The molecule has 0 aliphatic carbocycles. The van der Waals surface area contributed by atoms with Crippen LogP contribution in [0.15, 0.2) is 29.2 Å². The molecule has 15 heteroatoms. The van der Waals surface area contributed by atoms with Gasteiger partial charge < -0.3 is 15.5 Å². The average molecular weight is 630 g/mol. The number of urea groups is 1. The number of sulfonamides is 1. The first-order valence-corrected chi connectivity index (χ1v) is 16.4. The van der Waals surface area contributed by atoms with Gasteiger partial charge in [0, 0.05) is 38.9 Å². The standard InChI is InChI=1S/C28H39F3N6O5S/c1-18-7-12-34(13-8-18)26(38)24-23-17-20(11-16-36(23)37(40)25(24)28(29,30)31)19-9-14-35(15-10-19)43(41,42)22-5-3-21(4-6-22)33-27(39)32-2/h3-6,18-20,23-25H,7-17H2,1-2H3,(H-,32,33,39)/p+1. The van der Waals surface area contributed by atoms with Gasteiger partial charge in [0.2, 0.25) is 15.9 Å². The second kappa shape index (κ2) is 12.2. The van der Waals surface area contributed by atoms with Gasteiger partial charge in [-0.2, -0.15) is 17.5 Å². The Morgan fingerprint density at radius 1 is 0.930 bits per heavy atom. The van der Waals surface area contributed by atoms with Gasteiger partial charge in [-0.15, -0.1) is 5.01 Å². The van der Waals surface area contributed by atoms with Crippen LogP contribution in [0, 0.1) is 28.6 Å². The first-order valence-electron chi connectivity index (χ1n) is 15.0. The molecule has 43 heavy (non-hydrogen) atoms. The van der Waals surface area contributed by atoms with Crippen LogP contribution in [0.2, 0.25) is 0 Å². The number of rotatable bonds is 5. The topological polar surface area (TPSA) is 122 Å². The van der Waals surface area contributed by atoms with Crippen LogP contribution in [0.4, 0.5) is 23.7 Å². The molecule has 4 fully saturated rings. The molecule has 4 heterocycles. The quantitative estimate of drug-likeness (QED) is 0.482. The van der Waals surface area contributed by atoms with Crippen molar-refractivity contribution in [2.24, 2.45) is 23.7 Å². The Morgan fingerprint density at radius 2 is 1.53 bits per heavy atom. The van der Waals surface area contributed by atoms with Crippen molar-refractivity contribution in [1.29, 1.82) is 0 Å². The fourth-order valence-electron chi connectivity index (χ4n) is 7.23. The van der Waals surface area contributed by atoms with Crippen LogP contribution in [-0.4, -0.2) is 97.5 Å². The molecular weight excluding hydrogens is 589 g/mol. The van der Waals surface area contributed by atoms with E-state index in [1.807, 2.05) is 0 Å². The van der Waals surface area contributed by atoms with Gasteiger partial charge >= 0.3 is 18.2 Å². The smallest absolute Gasteiger partial charge is 0.342 e. The summed E-state index contributed by atoms with van der Waals surface area (Å²) in [7, 11) is -2.30.